The molecule has 100 valence electrons. The normalized spacial score (nSPS) is 19.9. The Hall–Kier alpha value is -1.18. The molecule has 0 aromatic carbocycles. The van der Waals surface area contributed by atoms with Crippen LogP contribution in [0.5, 0.6) is 0 Å². The van der Waals surface area contributed by atoms with Gasteiger partial charge in [-0.05, 0) is 18.9 Å². The summed E-state index contributed by atoms with van der Waals surface area (Å²) >= 11 is 0. The highest BCUT2D eigenvalue weighted by Gasteiger charge is 2.22. The molecular formula is C11H17N3O3S. The van der Waals surface area contributed by atoms with E-state index in [-0.39, 0.29) is 11.0 Å². The molecule has 1 unspecified atom stereocenters. The molecule has 0 radical (unpaired) electrons. The average Bonchev–Trinajstić information content (AvgIpc) is 2.89. The lowest BCUT2D eigenvalue weighted by Crippen LogP contribution is -2.32. The average molecular weight is 271 g/mol. The summed E-state index contributed by atoms with van der Waals surface area (Å²) in [4.78, 5) is 4.01. The van der Waals surface area contributed by atoms with Gasteiger partial charge in [-0.1, -0.05) is 0 Å². The Balaban J connectivity index is 2.09. The van der Waals surface area contributed by atoms with Gasteiger partial charge in [0.1, 0.15) is 4.90 Å². The van der Waals surface area contributed by atoms with Crippen LogP contribution in [-0.4, -0.2) is 39.7 Å². The predicted octanol–water partition coefficient (Wildman–Crippen LogP) is 0.581. The van der Waals surface area contributed by atoms with Crippen molar-refractivity contribution in [3.8, 4) is 0 Å². The summed E-state index contributed by atoms with van der Waals surface area (Å²) in [5.74, 6) is 0. The first-order chi connectivity index (χ1) is 8.63. The number of pyridine rings is 1. The van der Waals surface area contributed by atoms with Crippen molar-refractivity contribution in [2.75, 3.05) is 25.5 Å². The van der Waals surface area contributed by atoms with Crippen LogP contribution in [0.3, 0.4) is 0 Å². The summed E-state index contributed by atoms with van der Waals surface area (Å²) in [5, 5.41) is 2.84. The number of rotatable bonds is 5. The number of ether oxygens (including phenoxy) is 1. The molecule has 0 spiro atoms. The second kappa shape index (κ2) is 5.64. The van der Waals surface area contributed by atoms with Gasteiger partial charge in [0.05, 0.1) is 11.8 Å². The lowest BCUT2D eigenvalue weighted by molar-refractivity contribution is 0.114. The van der Waals surface area contributed by atoms with Crippen molar-refractivity contribution >= 4 is 15.7 Å². The van der Waals surface area contributed by atoms with Gasteiger partial charge in [0.15, 0.2) is 0 Å². The fourth-order valence-corrected chi connectivity index (χ4v) is 3.11. The third-order valence-corrected chi connectivity index (χ3v) is 4.32. The SMILES string of the molecule is CNc1ccncc1S(=O)(=O)NCC1CCCO1. The maximum absolute atomic E-state index is 12.1. The quantitative estimate of drug-likeness (QED) is 0.819. The van der Waals surface area contributed by atoms with E-state index in [9.17, 15) is 8.42 Å². The lowest BCUT2D eigenvalue weighted by Gasteiger charge is -2.13. The number of nitrogens with zero attached hydrogens (tertiary/aromatic N) is 1. The number of aromatic nitrogens is 1. The van der Waals surface area contributed by atoms with Crippen LogP contribution in [0.25, 0.3) is 0 Å². The lowest BCUT2D eigenvalue weighted by atomic mass is 10.2. The minimum atomic E-state index is -3.55. The highest BCUT2D eigenvalue weighted by atomic mass is 32.2. The van der Waals surface area contributed by atoms with Crippen molar-refractivity contribution in [2.24, 2.45) is 0 Å². The van der Waals surface area contributed by atoms with Crippen LogP contribution in [0.4, 0.5) is 5.69 Å². The third kappa shape index (κ3) is 2.98. The van der Waals surface area contributed by atoms with Gasteiger partial charge < -0.3 is 10.1 Å². The molecule has 0 bridgehead atoms. The molecule has 1 saturated heterocycles. The van der Waals surface area contributed by atoms with Crippen molar-refractivity contribution in [1.29, 1.82) is 0 Å². The number of anilines is 1. The zero-order valence-electron chi connectivity index (χ0n) is 10.2. The van der Waals surface area contributed by atoms with Crippen molar-refractivity contribution in [3.05, 3.63) is 18.5 Å². The van der Waals surface area contributed by atoms with Gasteiger partial charge in [0.25, 0.3) is 0 Å². The Morgan fingerprint density at radius 1 is 1.56 bits per heavy atom. The molecule has 0 aliphatic carbocycles. The first kappa shape index (κ1) is 13.3. The molecule has 2 N–H and O–H groups in total. The van der Waals surface area contributed by atoms with Gasteiger partial charge in [-0.2, -0.15) is 0 Å². The summed E-state index contributed by atoms with van der Waals surface area (Å²) in [6.07, 6.45) is 4.75. The van der Waals surface area contributed by atoms with Gasteiger partial charge in [-0.3, -0.25) is 4.98 Å². The van der Waals surface area contributed by atoms with Crippen molar-refractivity contribution in [3.63, 3.8) is 0 Å². The van der Waals surface area contributed by atoms with Crippen molar-refractivity contribution in [1.82, 2.24) is 9.71 Å². The van der Waals surface area contributed by atoms with Crippen LogP contribution < -0.4 is 10.0 Å². The van der Waals surface area contributed by atoms with Crippen molar-refractivity contribution in [2.45, 2.75) is 23.8 Å². The number of nitrogens with one attached hydrogen (secondary N) is 2. The van der Waals surface area contributed by atoms with Crippen molar-refractivity contribution < 1.29 is 13.2 Å². The maximum Gasteiger partial charge on any atom is 0.244 e. The van der Waals surface area contributed by atoms with E-state index in [4.69, 9.17) is 4.74 Å². The van der Waals surface area contributed by atoms with E-state index in [0.29, 0.717) is 18.8 Å². The largest absolute Gasteiger partial charge is 0.387 e. The van der Waals surface area contributed by atoms with E-state index in [1.54, 1.807) is 19.3 Å². The zero-order chi connectivity index (χ0) is 13.0. The highest BCUT2D eigenvalue weighted by molar-refractivity contribution is 7.89. The molecule has 2 heterocycles. The Morgan fingerprint density at radius 3 is 3.06 bits per heavy atom. The minimum Gasteiger partial charge on any atom is -0.387 e. The molecule has 2 rings (SSSR count). The van der Waals surface area contributed by atoms with Crippen LogP contribution in [0.1, 0.15) is 12.8 Å². The van der Waals surface area contributed by atoms with E-state index >= 15 is 0 Å². The van der Waals surface area contributed by atoms with Gasteiger partial charge in [0, 0.05) is 32.6 Å². The summed E-state index contributed by atoms with van der Waals surface area (Å²) in [6.45, 7) is 1.02. The van der Waals surface area contributed by atoms with Crippen LogP contribution in [0.2, 0.25) is 0 Å². The minimum absolute atomic E-state index is 0.0190. The van der Waals surface area contributed by atoms with E-state index in [0.717, 1.165) is 12.8 Å². The standard InChI is InChI=1S/C11H17N3O3S/c1-12-10-4-5-13-8-11(10)18(15,16)14-7-9-3-2-6-17-9/h4-5,8-9,14H,2-3,6-7H2,1H3,(H,12,13). The van der Waals surface area contributed by atoms with Gasteiger partial charge in [-0.25, -0.2) is 13.1 Å². The molecule has 18 heavy (non-hydrogen) atoms. The Bertz CT molecular complexity index is 498. The highest BCUT2D eigenvalue weighted by Crippen LogP contribution is 2.19. The van der Waals surface area contributed by atoms with Gasteiger partial charge >= 0.3 is 0 Å². The van der Waals surface area contributed by atoms with E-state index in [1.165, 1.54) is 6.20 Å². The maximum atomic E-state index is 12.1. The summed E-state index contributed by atoms with van der Waals surface area (Å²) in [5.41, 5.74) is 0.532. The predicted molar refractivity (Wildman–Crippen MR) is 67.9 cm³/mol. The summed E-state index contributed by atoms with van der Waals surface area (Å²) in [6, 6.07) is 1.63. The number of hydrogen-bond acceptors (Lipinski definition) is 5. The second-order valence-corrected chi connectivity index (χ2v) is 5.84. The van der Waals surface area contributed by atoms with Gasteiger partial charge in [0.2, 0.25) is 10.0 Å². The monoisotopic (exact) mass is 271 g/mol. The fourth-order valence-electron chi connectivity index (χ4n) is 1.89. The molecule has 1 aliphatic rings. The van der Waals surface area contributed by atoms with Gasteiger partial charge in [-0.15, -0.1) is 0 Å². The molecule has 1 aromatic heterocycles. The summed E-state index contributed by atoms with van der Waals surface area (Å²) < 4.78 is 32.2. The van der Waals surface area contributed by atoms with E-state index < -0.39 is 10.0 Å². The smallest absolute Gasteiger partial charge is 0.244 e. The van der Waals surface area contributed by atoms with Crippen LogP contribution in [0, 0.1) is 0 Å². The Labute approximate surface area is 107 Å². The Kier molecular flexibility index (Phi) is 4.15. The molecule has 1 aliphatic heterocycles. The molecule has 0 amide bonds. The number of hydrogen-bond donors (Lipinski definition) is 2. The molecule has 1 fully saturated rings. The molecule has 1 aromatic rings. The zero-order valence-corrected chi connectivity index (χ0v) is 11.0. The van der Waals surface area contributed by atoms with E-state index in [1.807, 2.05) is 0 Å². The second-order valence-electron chi connectivity index (χ2n) is 4.11. The fraction of sp³-hybridized carbons (Fsp3) is 0.545. The summed E-state index contributed by atoms with van der Waals surface area (Å²) in [7, 11) is -1.87. The molecule has 7 heteroatoms. The number of sulfonamides is 1. The first-order valence-electron chi connectivity index (χ1n) is 5.86. The van der Waals surface area contributed by atoms with E-state index in [2.05, 4.69) is 15.0 Å². The molecular weight excluding hydrogens is 254 g/mol. The van der Waals surface area contributed by atoms with Crippen LogP contribution >= 0.6 is 0 Å². The first-order valence-corrected chi connectivity index (χ1v) is 7.35. The topological polar surface area (TPSA) is 80.3 Å². The van der Waals surface area contributed by atoms with Crippen LogP contribution in [0.15, 0.2) is 23.4 Å². The third-order valence-electron chi connectivity index (χ3n) is 2.87. The Morgan fingerprint density at radius 2 is 2.39 bits per heavy atom. The molecule has 1 atom stereocenters. The van der Waals surface area contributed by atoms with Crippen LogP contribution in [-0.2, 0) is 14.8 Å². The molecule has 6 nitrogen and oxygen atoms in total. The molecule has 0 saturated carbocycles.